The maximum atomic E-state index is 12.1. The number of halogens is 1. The lowest BCUT2D eigenvalue weighted by Crippen LogP contribution is -2.43. The Bertz CT molecular complexity index is 502. The highest BCUT2D eigenvalue weighted by atomic mass is 35.5. The van der Waals surface area contributed by atoms with Gasteiger partial charge < -0.3 is 10.1 Å². The molecular weight excluding hydrogens is 312 g/mol. The van der Waals surface area contributed by atoms with Gasteiger partial charge in [-0.15, -0.1) is 0 Å². The van der Waals surface area contributed by atoms with E-state index in [-0.39, 0.29) is 5.91 Å². The van der Waals surface area contributed by atoms with Crippen molar-refractivity contribution in [1.29, 1.82) is 0 Å². The predicted molar refractivity (Wildman–Crippen MR) is 94.0 cm³/mol. The fourth-order valence-electron chi connectivity index (χ4n) is 2.88. The van der Waals surface area contributed by atoms with Crippen LogP contribution < -0.4 is 10.1 Å². The topological polar surface area (TPSA) is 41.6 Å². The van der Waals surface area contributed by atoms with Crippen LogP contribution in [-0.2, 0) is 4.79 Å². The van der Waals surface area contributed by atoms with Crippen LogP contribution in [0.1, 0.15) is 32.6 Å². The van der Waals surface area contributed by atoms with E-state index in [4.69, 9.17) is 16.3 Å². The molecule has 23 heavy (non-hydrogen) atoms. The van der Waals surface area contributed by atoms with Crippen molar-refractivity contribution in [3.63, 3.8) is 0 Å². The van der Waals surface area contributed by atoms with E-state index in [9.17, 15) is 4.79 Å². The predicted octanol–water partition coefficient (Wildman–Crippen LogP) is 3.35. The van der Waals surface area contributed by atoms with Crippen LogP contribution >= 0.6 is 11.6 Å². The van der Waals surface area contributed by atoms with Crippen molar-refractivity contribution in [3.8, 4) is 5.75 Å². The van der Waals surface area contributed by atoms with Gasteiger partial charge in [0.25, 0.3) is 0 Å². The Morgan fingerprint density at radius 1 is 1.35 bits per heavy atom. The van der Waals surface area contributed by atoms with Crippen LogP contribution in [0.15, 0.2) is 24.3 Å². The smallest absolute Gasteiger partial charge is 0.234 e. The lowest BCUT2D eigenvalue weighted by molar-refractivity contribution is -0.123. The highest BCUT2D eigenvalue weighted by Crippen LogP contribution is 2.23. The summed E-state index contributed by atoms with van der Waals surface area (Å²) in [6, 6.07) is 7.70. The van der Waals surface area contributed by atoms with Crippen LogP contribution in [0.25, 0.3) is 0 Å². The van der Waals surface area contributed by atoms with Crippen LogP contribution in [0.5, 0.6) is 5.75 Å². The minimum absolute atomic E-state index is 0.106. The van der Waals surface area contributed by atoms with E-state index < -0.39 is 0 Å². The van der Waals surface area contributed by atoms with Crippen molar-refractivity contribution in [3.05, 3.63) is 29.3 Å². The number of hydrogen-bond donors (Lipinski definition) is 1. The molecule has 0 heterocycles. The SMILES string of the molecule is CC1CCC(NC(=O)CN(C)CCOc2cccc(Cl)c2)CC1. The van der Waals surface area contributed by atoms with Gasteiger partial charge in [0.1, 0.15) is 12.4 Å². The number of likely N-dealkylation sites (N-methyl/N-ethyl adjacent to an activating group) is 1. The van der Waals surface area contributed by atoms with E-state index in [0.29, 0.717) is 30.8 Å². The van der Waals surface area contributed by atoms with Crippen LogP contribution in [0.2, 0.25) is 5.02 Å². The van der Waals surface area contributed by atoms with Gasteiger partial charge in [0.2, 0.25) is 5.91 Å². The third kappa shape index (κ3) is 6.80. The zero-order valence-electron chi connectivity index (χ0n) is 14.1. The van der Waals surface area contributed by atoms with Gasteiger partial charge in [-0.2, -0.15) is 0 Å². The van der Waals surface area contributed by atoms with Crippen LogP contribution in [0, 0.1) is 5.92 Å². The molecule has 1 aromatic carbocycles. The number of amides is 1. The van der Waals surface area contributed by atoms with Crippen molar-refractivity contribution in [2.24, 2.45) is 5.92 Å². The highest BCUT2D eigenvalue weighted by Gasteiger charge is 2.20. The first-order valence-corrected chi connectivity index (χ1v) is 8.77. The normalized spacial score (nSPS) is 21.2. The van der Waals surface area contributed by atoms with E-state index in [1.807, 2.05) is 30.1 Å². The van der Waals surface area contributed by atoms with Crippen molar-refractivity contribution < 1.29 is 9.53 Å². The van der Waals surface area contributed by atoms with Gasteiger partial charge in [-0.25, -0.2) is 0 Å². The average Bonchev–Trinajstić information content (AvgIpc) is 2.49. The summed E-state index contributed by atoms with van der Waals surface area (Å²) in [4.78, 5) is 14.0. The zero-order chi connectivity index (χ0) is 16.7. The van der Waals surface area contributed by atoms with E-state index in [0.717, 1.165) is 24.5 Å². The first-order valence-electron chi connectivity index (χ1n) is 8.39. The first-order chi connectivity index (χ1) is 11.0. The molecule has 0 bridgehead atoms. The molecule has 1 aromatic rings. The largest absolute Gasteiger partial charge is 0.492 e. The molecule has 128 valence electrons. The molecule has 0 aliphatic heterocycles. The van der Waals surface area contributed by atoms with Gasteiger partial charge in [-0.05, 0) is 56.8 Å². The Kier molecular flexibility index (Phi) is 7.18. The summed E-state index contributed by atoms with van der Waals surface area (Å²) in [6.07, 6.45) is 4.64. The summed E-state index contributed by atoms with van der Waals surface area (Å²) in [7, 11) is 1.93. The monoisotopic (exact) mass is 338 g/mol. The van der Waals surface area contributed by atoms with Crippen LogP contribution in [0.3, 0.4) is 0 Å². The van der Waals surface area contributed by atoms with E-state index in [1.165, 1.54) is 12.8 Å². The Hall–Kier alpha value is -1.26. The summed E-state index contributed by atoms with van der Waals surface area (Å²) in [5, 5.41) is 3.81. The molecule has 1 aliphatic carbocycles. The lowest BCUT2D eigenvalue weighted by atomic mass is 9.87. The standard InChI is InChI=1S/C18H27ClN2O2/c1-14-6-8-16(9-7-14)20-18(22)13-21(2)10-11-23-17-5-3-4-15(19)12-17/h3-5,12,14,16H,6-11,13H2,1-2H3,(H,20,22). The third-order valence-electron chi connectivity index (χ3n) is 4.33. The minimum Gasteiger partial charge on any atom is -0.492 e. The van der Waals surface area contributed by atoms with Crippen molar-refractivity contribution in [1.82, 2.24) is 10.2 Å². The van der Waals surface area contributed by atoms with E-state index in [1.54, 1.807) is 6.07 Å². The zero-order valence-corrected chi connectivity index (χ0v) is 14.8. The second kappa shape index (κ2) is 9.14. The molecule has 0 aromatic heterocycles. The second-order valence-corrected chi connectivity index (χ2v) is 7.00. The molecule has 0 atom stereocenters. The molecule has 1 saturated carbocycles. The van der Waals surface area contributed by atoms with Gasteiger partial charge in [0, 0.05) is 17.6 Å². The average molecular weight is 339 g/mol. The molecular formula is C18H27ClN2O2. The molecule has 1 aliphatic rings. The van der Waals surface area contributed by atoms with E-state index in [2.05, 4.69) is 12.2 Å². The third-order valence-corrected chi connectivity index (χ3v) is 4.57. The summed E-state index contributed by atoms with van der Waals surface area (Å²) in [5.41, 5.74) is 0. The van der Waals surface area contributed by atoms with Gasteiger partial charge in [-0.3, -0.25) is 9.69 Å². The fourth-order valence-corrected chi connectivity index (χ4v) is 3.06. The van der Waals surface area contributed by atoms with Gasteiger partial charge in [0.05, 0.1) is 6.54 Å². The van der Waals surface area contributed by atoms with Gasteiger partial charge in [0.15, 0.2) is 0 Å². The molecule has 1 fully saturated rings. The molecule has 0 radical (unpaired) electrons. The van der Waals surface area contributed by atoms with Crippen LogP contribution in [0.4, 0.5) is 0 Å². The van der Waals surface area contributed by atoms with Gasteiger partial charge >= 0.3 is 0 Å². The fraction of sp³-hybridized carbons (Fsp3) is 0.611. The number of carbonyl (C=O) groups excluding carboxylic acids is 1. The molecule has 0 saturated heterocycles. The number of hydrogen-bond acceptors (Lipinski definition) is 3. The first kappa shape index (κ1) is 18.1. The van der Waals surface area contributed by atoms with Crippen molar-refractivity contribution >= 4 is 17.5 Å². The minimum atomic E-state index is 0.106. The Balaban J connectivity index is 1.62. The molecule has 0 unspecified atom stereocenters. The Morgan fingerprint density at radius 2 is 2.09 bits per heavy atom. The van der Waals surface area contributed by atoms with Crippen molar-refractivity contribution in [2.75, 3.05) is 26.7 Å². The summed E-state index contributed by atoms with van der Waals surface area (Å²) >= 11 is 5.91. The molecule has 1 amide bonds. The number of nitrogens with zero attached hydrogens (tertiary/aromatic N) is 1. The van der Waals surface area contributed by atoms with Gasteiger partial charge in [-0.1, -0.05) is 24.6 Å². The maximum Gasteiger partial charge on any atom is 0.234 e. The Labute approximate surface area is 144 Å². The number of carbonyl (C=O) groups is 1. The number of nitrogens with one attached hydrogen (secondary N) is 1. The number of ether oxygens (including phenoxy) is 1. The van der Waals surface area contributed by atoms with E-state index >= 15 is 0 Å². The number of benzene rings is 1. The molecule has 1 N–H and O–H groups in total. The van der Waals surface area contributed by atoms with Crippen LogP contribution in [-0.4, -0.2) is 43.6 Å². The summed E-state index contributed by atoms with van der Waals surface area (Å²) in [5.74, 6) is 1.66. The summed E-state index contributed by atoms with van der Waals surface area (Å²) < 4.78 is 5.64. The lowest BCUT2D eigenvalue weighted by Gasteiger charge is -2.27. The second-order valence-electron chi connectivity index (χ2n) is 6.57. The maximum absolute atomic E-state index is 12.1. The number of rotatable bonds is 7. The molecule has 0 spiro atoms. The summed E-state index contributed by atoms with van der Waals surface area (Å²) in [6.45, 7) is 3.92. The molecule has 2 rings (SSSR count). The molecule has 4 nitrogen and oxygen atoms in total. The van der Waals surface area contributed by atoms with Crippen molar-refractivity contribution in [2.45, 2.75) is 38.6 Å². The highest BCUT2D eigenvalue weighted by molar-refractivity contribution is 6.30. The quantitative estimate of drug-likeness (QED) is 0.829. The molecule has 5 heteroatoms. The Morgan fingerprint density at radius 3 is 2.78 bits per heavy atom.